The zero-order chi connectivity index (χ0) is 16.2. The van der Waals surface area contributed by atoms with Crippen molar-refractivity contribution in [1.29, 1.82) is 0 Å². The molecular formula is C15H23NO6. The highest BCUT2D eigenvalue weighted by atomic mass is 16.5. The average molecular weight is 313 g/mol. The van der Waals surface area contributed by atoms with E-state index in [1.165, 1.54) is 7.11 Å². The van der Waals surface area contributed by atoms with Crippen LogP contribution < -0.4 is 10.1 Å². The molecule has 1 rings (SSSR count). The first-order valence-electron chi connectivity index (χ1n) is 7.06. The summed E-state index contributed by atoms with van der Waals surface area (Å²) in [7, 11) is 1.32. The Morgan fingerprint density at radius 3 is 2.91 bits per heavy atom. The number of hydrogen-bond donors (Lipinski definition) is 3. The fraction of sp³-hybridized carbons (Fsp3) is 0.533. The van der Waals surface area contributed by atoms with Crippen molar-refractivity contribution in [2.45, 2.75) is 6.10 Å². The third-order valence-corrected chi connectivity index (χ3v) is 2.74. The molecule has 3 N–H and O–H groups in total. The molecule has 0 bridgehead atoms. The maximum Gasteiger partial charge on any atom is 0.337 e. The molecule has 1 atom stereocenters. The minimum atomic E-state index is -0.681. The van der Waals surface area contributed by atoms with Crippen molar-refractivity contribution in [3.8, 4) is 5.75 Å². The lowest BCUT2D eigenvalue weighted by molar-refractivity contribution is 0.0600. The number of carbonyl (C=O) groups excluding carboxylic acids is 1. The van der Waals surface area contributed by atoms with E-state index in [4.69, 9.17) is 14.6 Å². The summed E-state index contributed by atoms with van der Waals surface area (Å²) in [6, 6.07) is 6.58. The number of hydrogen-bond acceptors (Lipinski definition) is 7. The third kappa shape index (κ3) is 7.37. The molecule has 0 fully saturated rings. The van der Waals surface area contributed by atoms with Crippen LogP contribution in [0.2, 0.25) is 0 Å². The number of esters is 1. The first-order valence-corrected chi connectivity index (χ1v) is 7.06. The van der Waals surface area contributed by atoms with E-state index in [2.05, 4.69) is 10.1 Å². The summed E-state index contributed by atoms with van der Waals surface area (Å²) < 4.78 is 15.1. The van der Waals surface area contributed by atoms with Crippen LogP contribution in [0.25, 0.3) is 0 Å². The summed E-state index contributed by atoms with van der Waals surface area (Å²) in [6.07, 6.45) is -0.681. The molecule has 0 saturated carbocycles. The Morgan fingerprint density at radius 2 is 2.18 bits per heavy atom. The van der Waals surface area contributed by atoms with Gasteiger partial charge in [0.2, 0.25) is 0 Å². The molecule has 0 aliphatic rings. The minimum Gasteiger partial charge on any atom is -0.491 e. The van der Waals surface area contributed by atoms with Gasteiger partial charge >= 0.3 is 5.97 Å². The summed E-state index contributed by atoms with van der Waals surface area (Å²) in [5.74, 6) is 0.0590. The predicted octanol–water partition coefficient (Wildman–Crippen LogP) is -0.189. The molecule has 0 spiro atoms. The minimum absolute atomic E-state index is 0.00109. The number of carbonyl (C=O) groups is 1. The lowest BCUT2D eigenvalue weighted by atomic mass is 10.2. The van der Waals surface area contributed by atoms with E-state index >= 15 is 0 Å². The Labute approximate surface area is 129 Å². The van der Waals surface area contributed by atoms with Crippen LogP contribution in [0.3, 0.4) is 0 Å². The number of nitrogens with one attached hydrogen (secondary N) is 1. The van der Waals surface area contributed by atoms with Gasteiger partial charge in [-0.05, 0) is 18.2 Å². The Bertz CT molecular complexity index is 440. The largest absolute Gasteiger partial charge is 0.491 e. The zero-order valence-corrected chi connectivity index (χ0v) is 12.7. The molecule has 0 aromatic heterocycles. The second-order valence-electron chi connectivity index (χ2n) is 4.52. The van der Waals surface area contributed by atoms with E-state index in [1.54, 1.807) is 24.3 Å². The highest BCUT2D eigenvalue weighted by molar-refractivity contribution is 5.89. The predicted molar refractivity (Wildman–Crippen MR) is 80.1 cm³/mol. The van der Waals surface area contributed by atoms with Crippen molar-refractivity contribution in [2.24, 2.45) is 0 Å². The number of aliphatic hydroxyl groups excluding tert-OH is 2. The molecule has 0 saturated heterocycles. The van der Waals surface area contributed by atoms with Crippen molar-refractivity contribution in [3.63, 3.8) is 0 Å². The monoisotopic (exact) mass is 313 g/mol. The van der Waals surface area contributed by atoms with Gasteiger partial charge in [0, 0.05) is 13.1 Å². The molecule has 1 unspecified atom stereocenters. The van der Waals surface area contributed by atoms with Gasteiger partial charge in [0.25, 0.3) is 0 Å². The van der Waals surface area contributed by atoms with E-state index in [9.17, 15) is 9.90 Å². The van der Waals surface area contributed by atoms with Crippen molar-refractivity contribution in [1.82, 2.24) is 5.32 Å². The normalized spacial score (nSPS) is 12.0. The van der Waals surface area contributed by atoms with Crippen LogP contribution in [0.4, 0.5) is 0 Å². The van der Waals surface area contributed by atoms with Crippen LogP contribution in [-0.4, -0.2) is 68.9 Å². The molecular weight excluding hydrogens is 290 g/mol. The van der Waals surface area contributed by atoms with Crippen LogP contribution in [0.15, 0.2) is 24.3 Å². The van der Waals surface area contributed by atoms with Gasteiger partial charge in [-0.1, -0.05) is 6.07 Å². The van der Waals surface area contributed by atoms with Crippen LogP contribution in [0, 0.1) is 0 Å². The summed E-state index contributed by atoms with van der Waals surface area (Å²) in [4.78, 5) is 11.4. The molecule has 7 heteroatoms. The number of rotatable bonds is 11. The SMILES string of the molecule is COC(=O)c1cccc(OCC(O)CNCCOCCO)c1. The van der Waals surface area contributed by atoms with Crippen LogP contribution in [0.5, 0.6) is 5.75 Å². The number of aliphatic hydroxyl groups is 2. The topological polar surface area (TPSA) is 97.3 Å². The summed E-state index contributed by atoms with van der Waals surface area (Å²) in [5, 5.41) is 21.3. The Balaban J connectivity index is 2.23. The number of benzene rings is 1. The van der Waals surface area contributed by atoms with Gasteiger partial charge in [0.1, 0.15) is 18.5 Å². The van der Waals surface area contributed by atoms with Gasteiger partial charge < -0.3 is 29.7 Å². The molecule has 7 nitrogen and oxygen atoms in total. The fourth-order valence-electron chi connectivity index (χ4n) is 1.66. The molecule has 0 aliphatic heterocycles. The Morgan fingerprint density at radius 1 is 1.36 bits per heavy atom. The maximum absolute atomic E-state index is 11.4. The van der Waals surface area contributed by atoms with Gasteiger partial charge in [-0.15, -0.1) is 0 Å². The number of ether oxygens (including phenoxy) is 3. The summed E-state index contributed by atoms with van der Waals surface area (Å²) >= 11 is 0. The maximum atomic E-state index is 11.4. The first-order chi connectivity index (χ1) is 10.7. The van der Waals surface area contributed by atoms with E-state index in [-0.39, 0.29) is 13.2 Å². The molecule has 22 heavy (non-hydrogen) atoms. The summed E-state index contributed by atoms with van der Waals surface area (Å²) in [5.41, 5.74) is 0.397. The molecule has 1 aromatic carbocycles. The van der Waals surface area contributed by atoms with Crippen molar-refractivity contribution >= 4 is 5.97 Å². The summed E-state index contributed by atoms with van der Waals surface area (Å²) in [6.45, 7) is 1.82. The van der Waals surface area contributed by atoms with E-state index in [0.717, 1.165) is 0 Å². The van der Waals surface area contributed by atoms with E-state index in [1.807, 2.05) is 0 Å². The van der Waals surface area contributed by atoms with Gasteiger partial charge in [0.05, 0.1) is 32.5 Å². The highest BCUT2D eigenvalue weighted by Crippen LogP contribution is 2.14. The van der Waals surface area contributed by atoms with Gasteiger partial charge in [-0.3, -0.25) is 0 Å². The van der Waals surface area contributed by atoms with Crippen LogP contribution >= 0.6 is 0 Å². The van der Waals surface area contributed by atoms with Crippen LogP contribution in [0.1, 0.15) is 10.4 Å². The van der Waals surface area contributed by atoms with Crippen LogP contribution in [-0.2, 0) is 9.47 Å². The lowest BCUT2D eigenvalue weighted by Gasteiger charge is -2.13. The second-order valence-corrected chi connectivity index (χ2v) is 4.52. The number of methoxy groups -OCH3 is 1. The molecule has 1 aromatic rings. The Kier molecular flexibility index (Phi) is 9.17. The quantitative estimate of drug-likeness (QED) is 0.385. The lowest BCUT2D eigenvalue weighted by Crippen LogP contribution is -2.33. The fourth-order valence-corrected chi connectivity index (χ4v) is 1.66. The smallest absolute Gasteiger partial charge is 0.337 e. The van der Waals surface area contributed by atoms with E-state index < -0.39 is 12.1 Å². The van der Waals surface area contributed by atoms with Gasteiger partial charge in [-0.2, -0.15) is 0 Å². The standard InChI is InChI=1S/C15H23NO6/c1-20-15(19)12-3-2-4-14(9-12)22-11-13(18)10-16-5-7-21-8-6-17/h2-4,9,13,16-18H,5-8,10-11H2,1H3. The highest BCUT2D eigenvalue weighted by Gasteiger charge is 2.08. The molecule has 0 radical (unpaired) electrons. The first kappa shape index (κ1) is 18.4. The molecule has 0 amide bonds. The Hall–Kier alpha value is -1.67. The van der Waals surface area contributed by atoms with Crippen molar-refractivity contribution in [3.05, 3.63) is 29.8 Å². The van der Waals surface area contributed by atoms with Crippen molar-refractivity contribution in [2.75, 3.05) is 46.6 Å². The van der Waals surface area contributed by atoms with E-state index in [0.29, 0.717) is 37.6 Å². The van der Waals surface area contributed by atoms with Gasteiger partial charge in [-0.25, -0.2) is 4.79 Å². The van der Waals surface area contributed by atoms with Gasteiger partial charge in [0.15, 0.2) is 0 Å². The van der Waals surface area contributed by atoms with Crippen molar-refractivity contribution < 1.29 is 29.2 Å². The molecule has 0 heterocycles. The average Bonchev–Trinajstić information content (AvgIpc) is 2.55. The zero-order valence-electron chi connectivity index (χ0n) is 12.7. The molecule has 124 valence electrons. The second kappa shape index (κ2) is 11.0. The third-order valence-electron chi connectivity index (χ3n) is 2.74. The molecule has 0 aliphatic carbocycles.